The zero-order chi connectivity index (χ0) is 11.7. The van der Waals surface area contributed by atoms with Gasteiger partial charge in [-0.3, -0.25) is 9.48 Å². The number of rotatable bonds is 2. The van der Waals surface area contributed by atoms with Crippen LogP contribution in [0, 0.1) is 6.92 Å². The van der Waals surface area contributed by atoms with Crippen LogP contribution in [0.2, 0.25) is 0 Å². The second-order valence-electron chi connectivity index (χ2n) is 4.28. The van der Waals surface area contributed by atoms with Crippen molar-refractivity contribution in [2.45, 2.75) is 25.8 Å². The van der Waals surface area contributed by atoms with Crippen molar-refractivity contribution >= 4 is 5.91 Å². The Labute approximate surface area is 94.7 Å². The van der Waals surface area contributed by atoms with E-state index < -0.39 is 0 Å². The Balaban J connectivity index is 2.21. The summed E-state index contributed by atoms with van der Waals surface area (Å²) in [6.07, 6.45) is 3.60. The molecule has 0 radical (unpaired) electrons. The molecule has 1 aromatic rings. The van der Waals surface area contributed by atoms with Gasteiger partial charge < -0.3 is 10.0 Å². The van der Waals surface area contributed by atoms with Crippen LogP contribution in [-0.2, 0) is 7.05 Å². The summed E-state index contributed by atoms with van der Waals surface area (Å²) in [7, 11) is 1.80. The minimum Gasteiger partial charge on any atom is -0.394 e. The van der Waals surface area contributed by atoms with Crippen molar-refractivity contribution in [3.8, 4) is 0 Å². The highest BCUT2D eigenvalue weighted by Gasteiger charge is 2.30. The Morgan fingerprint density at radius 1 is 1.69 bits per heavy atom. The van der Waals surface area contributed by atoms with E-state index in [0.717, 1.165) is 25.1 Å². The molecule has 5 heteroatoms. The first-order valence-corrected chi connectivity index (χ1v) is 5.55. The van der Waals surface area contributed by atoms with Crippen LogP contribution in [0.25, 0.3) is 0 Å². The zero-order valence-corrected chi connectivity index (χ0v) is 9.68. The molecule has 0 unspecified atom stereocenters. The maximum absolute atomic E-state index is 12.2. The molecule has 0 spiro atoms. The van der Waals surface area contributed by atoms with Gasteiger partial charge in [0.15, 0.2) is 0 Å². The van der Waals surface area contributed by atoms with Crippen molar-refractivity contribution in [3.63, 3.8) is 0 Å². The van der Waals surface area contributed by atoms with Gasteiger partial charge in [-0.25, -0.2) is 0 Å². The summed E-state index contributed by atoms with van der Waals surface area (Å²) in [6.45, 7) is 2.61. The standard InChI is InChI=1S/C11H17N3O2/c1-8-10(6-13(2)12-8)11(16)14-5-3-4-9(14)7-15/h6,9,15H,3-5,7H2,1-2H3/t9-/m0/s1. The molecule has 2 heterocycles. The molecule has 1 saturated heterocycles. The van der Waals surface area contributed by atoms with Crippen molar-refractivity contribution in [2.75, 3.05) is 13.2 Å². The molecule has 1 aromatic heterocycles. The highest BCUT2D eigenvalue weighted by Crippen LogP contribution is 2.20. The van der Waals surface area contributed by atoms with E-state index in [1.807, 2.05) is 6.92 Å². The summed E-state index contributed by atoms with van der Waals surface area (Å²) in [6, 6.07) is -0.0212. The van der Waals surface area contributed by atoms with Crippen molar-refractivity contribution in [2.24, 2.45) is 7.05 Å². The second kappa shape index (κ2) is 4.25. The number of amides is 1. The molecule has 1 aliphatic heterocycles. The number of nitrogens with zero attached hydrogens (tertiary/aromatic N) is 3. The van der Waals surface area contributed by atoms with Gasteiger partial charge in [0.05, 0.1) is 23.9 Å². The molecular formula is C11H17N3O2. The van der Waals surface area contributed by atoms with E-state index in [0.29, 0.717) is 5.56 Å². The fraction of sp³-hybridized carbons (Fsp3) is 0.636. The molecule has 0 aromatic carbocycles. The zero-order valence-electron chi connectivity index (χ0n) is 9.68. The first-order chi connectivity index (χ1) is 7.63. The van der Waals surface area contributed by atoms with Gasteiger partial charge in [-0.1, -0.05) is 0 Å². The normalized spacial score (nSPS) is 20.4. The number of carbonyl (C=O) groups excluding carboxylic acids is 1. The van der Waals surface area contributed by atoms with Gasteiger partial charge in [-0.2, -0.15) is 5.10 Å². The smallest absolute Gasteiger partial charge is 0.257 e. The van der Waals surface area contributed by atoms with Crippen molar-refractivity contribution in [3.05, 3.63) is 17.5 Å². The van der Waals surface area contributed by atoms with E-state index in [4.69, 9.17) is 0 Å². The molecular weight excluding hydrogens is 206 g/mol. The summed E-state index contributed by atoms with van der Waals surface area (Å²) in [5, 5.41) is 13.4. The number of hydrogen-bond donors (Lipinski definition) is 1. The fourth-order valence-corrected chi connectivity index (χ4v) is 2.26. The van der Waals surface area contributed by atoms with Gasteiger partial charge in [0.25, 0.3) is 5.91 Å². The Kier molecular flexibility index (Phi) is 2.96. The molecule has 1 aliphatic rings. The average molecular weight is 223 g/mol. The third-order valence-corrected chi connectivity index (χ3v) is 3.09. The van der Waals surface area contributed by atoms with Crippen LogP contribution in [0.1, 0.15) is 28.9 Å². The molecule has 16 heavy (non-hydrogen) atoms. The minimum absolute atomic E-state index is 0.0119. The van der Waals surface area contributed by atoms with Crippen molar-refractivity contribution in [1.29, 1.82) is 0 Å². The van der Waals surface area contributed by atoms with Crippen LogP contribution in [0.5, 0.6) is 0 Å². The Hall–Kier alpha value is -1.36. The molecule has 0 bridgehead atoms. The molecule has 5 nitrogen and oxygen atoms in total. The number of aryl methyl sites for hydroxylation is 2. The number of aliphatic hydroxyl groups is 1. The number of carbonyl (C=O) groups is 1. The van der Waals surface area contributed by atoms with Crippen LogP contribution in [0.15, 0.2) is 6.20 Å². The average Bonchev–Trinajstić information content (AvgIpc) is 2.83. The second-order valence-corrected chi connectivity index (χ2v) is 4.28. The lowest BCUT2D eigenvalue weighted by atomic mass is 10.2. The molecule has 1 amide bonds. The van der Waals surface area contributed by atoms with Gasteiger partial charge in [0.2, 0.25) is 0 Å². The summed E-state index contributed by atoms with van der Waals surface area (Å²) >= 11 is 0. The third-order valence-electron chi connectivity index (χ3n) is 3.09. The summed E-state index contributed by atoms with van der Waals surface area (Å²) in [5.41, 5.74) is 1.39. The van der Waals surface area contributed by atoms with E-state index in [1.54, 1.807) is 22.8 Å². The van der Waals surface area contributed by atoms with E-state index >= 15 is 0 Å². The summed E-state index contributed by atoms with van der Waals surface area (Å²) < 4.78 is 1.65. The Bertz CT molecular complexity index is 400. The molecule has 1 atom stereocenters. The molecule has 2 rings (SSSR count). The maximum Gasteiger partial charge on any atom is 0.257 e. The van der Waals surface area contributed by atoms with Gasteiger partial charge in [0.1, 0.15) is 0 Å². The van der Waals surface area contributed by atoms with Gasteiger partial charge in [0, 0.05) is 19.8 Å². The molecule has 88 valence electrons. The lowest BCUT2D eigenvalue weighted by Crippen LogP contribution is -2.37. The largest absolute Gasteiger partial charge is 0.394 e. The highest BCUT2D eigenvalue weighted by molar-refractivity contribution is 5.95. The van der Waals surface area contributed by atoms with E-state index in [9.17, 15) is 9.90 Å². The van der Waals surface area contributed by atoms with Crippen LogP contribution in [0.4, 0.5) is 0 Å². The lowest BCUT2D eigenvalue weighted by molar-refractivity contribution is 0.0677. The lowest BCUT2D eigenvalue weighted by Gasteiger charge is -2.22. The van der Waals surface area contributed by atoms with E-state index in [2.05, 4.69) is 5.10 Å². The van der Waals surface area contributed by atoms with Gasteiger partial charge in [-0.15, -0.1) is 0 Å². The highest BCUT2D eigenvalue weighted by atomic mass is 16.3. The quantitative estimate of drug-likeness (QED) is 0.785. The monoisotopic (exact) mass is 223 g/mol. The molecule has 1 N–H and O–H groups in total. The van der Waals surface area contributed by atoms with Crippen LogP contribution in [-0.4, -0.2) is 44.9 Å². The predicted molar refractivity (Wildman–Crippen MR) is 59.1 cm³/mol. The molecule has 1 fully saturated rings. The Morgan fingerprint density at radius 3 is 3.00 bits per heavy atom. The molecule has 0 aliphatic carbocycles. The predicted octanol–water partition coefficient (Wildman–Crippen LogP) is 0.325. The number of aromatic nitrogens is 2. The van der Waals surface area contributed by atoms with E-state index in [-0.39, 0.29) is 18.6 Å². The minimum atomic E-state index is -0.0212. The first-order valence-electron chi connectivity index (χ1n) is 5.55. The number of hydrogen-bond acceptors (Lipinski definition) is 3. The van der Waals surface area contributed by atoms with Gasteiger partial charge in [-0.05, 0) is 19.8 Å². The Morgan fingerprint density at radius 2 is 2.44 bits per heavy atom. The maximum atomic E-state index is 12.2. The molecule has 0 saturated carbocycles. The number of likely N-dealkylation sites (tertiary alicyclic amines) is 1. The topological polar surface area (TPSA) is 58.4 Å². The third kappa shape index (κ3) is 1.82. The fourth-order valence-electron chi connectivity index (χ4n) is 2.26. The van der Waals surface area contributed by atoms with Crippen LogP contribution in [0.3, 0.4) is 0 Å². The van der Waals surface area contributed by atoms with Crippen molar-refractivity contribution in [1.82, 2.24) is 14.7 Å². The first kappa shape index (κ1) is 11.1. The van der Waals surface area contributed by atoms with Crippen LogP contribution >= 0.6 is 0 Å². The van der Waals surface area contributed by atoms with Gasteiger partial charge >= 0.3 is 0 Å². The van der Waals surface area contributed by atoms with Crippen molar-refractivity contribution < 1.29 is 9.90 Å². The SMILES string of the molecule is Cc1nn(C)cc1C(=O)N1CCC[C@H]1CO. The van der Waals surface area contributed by atoms with E-state index in [1.165, 1.54) is 0 Å². The number of aliphatic hydroxyl groups excluding tert-OH is 1. The van der Waals surface area contributed by atoms with Crippen LogP contribution < -0.4 is 0 Å². The summed E-state index contributed by atoms with van der Waals surface area (Å²) in [5.74, 6) is -0.0119. The summed E-state index contributed by atoms with van der Waals surface area (Å²) in [4.78, 5) is 14.0.